The Labute approximate surface area is 184 Å². The number of rotatable bonds is 1. The van der Waals surface area contributed by atoms with Crippen LogP contribution in [0.2, 0.25) is 0 Å². The van der Waals surface area contributed by atoms with Crippen molar-refractivity contribution in [1.29, 1.82) is 0 Å². The zero-order valence-corrected chi connectivity index (χ0v) is 17.9. The highest BCUT2D eigenvalue weighted by molar-refractivity contribution is 8.04. The third-order valence-electron chi connectivity index (χ3n) is 5.96. The van der Waals surface area contributed by atoms with Crippen molar-refractivity contribution in [2.45, 2.75) is 25.4 Å². The van der Waals surface area contributed by atoms with E-state index in [1.807, 2.05) is 37.3 Å². The third kappa shape index (κ3) is 3.53. The Morgan fingerprint density at radius 3 is 2.52 bits per heavy atom. The molecule has 0 N–H and O–H groups in total. The van der Waals surface area contributed by atoms with Crippen LogP contribution in [0.15, 0.2) is 53.4 Å². The van der Waals surface area contributed by atoms with Gasteiger partial charge in [-0.3, -0.25) is 9.59 Å². The average Bonchev–Trinajstić information content (AvgIpc) is 2.78. The van der Waals surface area contributed by atoms with Crippen LogP contribution in [0.25, 0.3) is 5.76 Å². The fourth-order valence-corrected chi connectivity index (χ4v) is 5.46. The van der Waals surface area contributed by atoms with Crippen molar-refractivity contribution in [3.05, 3.63) is 70.1 Å². The Morgan fingerprint density at radius 2 is 1.77 bits per heavy atom. The van der Waals surface area contributed by atoms with Crippen molar-refractivity contribution in [1.82, 2.24) is 4.90 Å². The number of Topliss-reactive ketones (excluding diaryl/α,β-unsaturated/α-hetero) is 2. The van der Waals surface area contributed by atoms with E-state index >= 15 is 0 Å². The molecule has 2 aliphatic heterocycles. The number of aryl methyl sites for hydroxylation is 1. The van der Waals surface area contributed by atoms with E-state index in [1.54, 1.807) is 23.1 Å². The molecule has 31 heavy (non-hydrogen) atoms. The van der Waals surface area contributed by atoms with Crippen LogP contribution in [-0.4, -0.2) is 47.0 Å². The lowest BCUT2D eigenvalue weighted by molar-refractivity contribution is -0.111. The number of ether oxygens (including phenoxy) is 2. The molecule has 0 radical (unpaired) electrons. The van der Waals surface area contributed by atoms with Gasteiger partial charge in [0, 0.05) is 42.8 Å². The van der Waals surface area contributed by atoms with E-state index in [2.05, 4.69) is 0 Å². The van der Waals surface area contributed by atoms with Crippen molar-refractivity contribution < 1.29 is 23.9 Å². The summed E-state index contributed by atoms with van der Waals surface area (Å²) < 4.78 is 12.0. The molecule has 0 bridgehead atoms. The number of ketones is 2. The van der Waals surface area contributed by atoms with Crippen LogP contribution < -0.4 is 4.74 Å². The Bertz CT molecular complexity index is 1130. The summed E-state index contributed by atoms with van der Waals surface area (Å²) in [5.41, 5.74) is 1.62. The second-order valence-corrected chi connectivity index (χ2v) is 9.09. The van der Waals surface area contributed by atoms with E-state index < -0.39 is 17.2 Å². The minimum atomic E-state index is -0.493. The number of piperidine rings is 1. The van der Waals surface area contributed by atoms with Crippen LogP contribution in [-0.2, 0) is 9.53 Å². The highest BCUT2D eigenvalue weighted by Gasteiger charge is 2.46. The number of fused-ring (bicyclic) bond motifs is 2. The Kier molecular flexibility index (Phi) is 4.85. The predicted octanol–water partition coefficient (Wildman–Crippen LogP) is 4.23. The van der Waals surface area contributed by atoms with Gasteiger partial charge < -0.3 is 14.4 Å². The molecule has 1 amide bonds. The molecular weight excluding hydrogens is 414 g/mol. The highest BCUT2D eigenvalue weighted by Crippen LogP contribution is 2.47. The van der Waals surface area contributed by atoms with E-state index in [0.29, 0.717) is 59.2 Å². The number of likely N-dealkylation sites (tertiary alicyclic amines) is 1. The first-order valence-corrected chi connectivity index (χ1v) is 11.2. The number of hydrogen-bond acceptors (Lipinski definition) is 6. The fraction of sp³-hybridized carbons (Fsp3) is 0.292. The first kappa shape index (κ1) is 19.9. The second kappa shape index (κ2) is 7.57. The van der Waals surface area contributed by atoms with Crippen LogP contribution in [0, 0.1) is 6.92 Å². The monoisotopic (exact) mass is 435 g/mol. The summed E-state index contributed by atoms with van der Waals surface area (Å²) in [5, 5.41) is 0. The summed E-state index contributed by atoms with van der Waals surface area (Å²) in [6, 6.07) is 14.5. The van der Waals surface area contributed by atoms with Crippen molar-refractivity contribution in [2.75, 3.05) is 18.8 Å². The number of nitrogens with zero attached hydrogens (tertiary/aromatic N) is 1. The molecule has 2 aromatic carbocycles. The zero-order valence-electron chi connectivity index (χ0n) is 17.1. The molecule has 1 aliphatic carbocycles. The van der Waals surface area contributed by atoms with Crippen molar-refractivity contribution in [3.8, 4) is 5.75 Å². The van der Waals surface area contributed by atoms with Crippen molar-refractivity contribution in [3.63, 3.8) is 0 Å². The van der Waals surface area contributed by atoms with Gasteiger partial charge in [-0.2, -0.15) is 0 Å². The van der Waals surface area contributed by atoms with E-state index in [4.69, 9.17) is 9.47 Å². The van der Waals surface area contributed by atoms with E-state index in [9.17, 15) is 14.4 Å². The smallest absolute Gasteiger partial charge is 0.415 e. The molecule has 0 unspecified atom stereocenters. The molecule has 2 heterocycles. The largest absolute Gasteiger partial charge is 0.484 e. The van der Waals surface area contributed by atoms with E-state index in [0.717, 1.165) is 5.56 Å². The summed E-state index contributed by atoms with van der Waals surface area (Å²) in [6.07, 6.45) is 0.890. The molecule has 5 rings (SSSR count). The van der Waals surface area contributed by atoms with Gasteiger partial charge in [0.25, 0.3) is 0 Å². The first-order valence-electron chi connectivity index (χ1n) is 10.2. The number of amides is 1. The number of allylic oxidation sites excluding steroid dienone is 1. The van der Waals surface area contributed by atoms with Crippen LogP contribution in [0.3, 0.4) is 0 Å². The zero-order chi connectivity index (χ0) is 21.6. The van der Waals surface area contributed by atoms with Gasteiger partial charge in [-0.05, 0) is 24.6 Å². The predicted molar refractivity (Wildman–Crippen MR) is 117 cm³/mol. The molecule has 1 fully saturated rings. The highest BCUT2D eigenvalue weighted by atomic mass is 32.2. The summed E-state index contributed by atoms with van der Waals surface area (Å²) >= 11 is 1.39. The number of carbonyl (C=O) groups excluding carboxylic acids is 3. The quantitative estimate of drug-likeness (QED) is 0.625. The summed E-state index contributed by atoms with van der Waals surface area (Å²) in [5.74, 6) is 0.648. The molecule has 2 aromatic rings. The maximum atomic E-state index is 12.6. The number of hydrogen-bond donors (Lipinski definition) is 0. The minimum Gasteiger partial charge on any atom is -0.484 e. The third-order valence-corrected chi connectivity index (χ3v) is 7.29. The molecule has 1 saturated heterocycles. The Hall–Kier alpha value is -3.06. The minimum absolute atomic E-state index is 0.368. The summed E-state index contributed by atoms with van der Waals surface area (Å²) in [4.78, 5) is 39.6. The molecule has 0 atom stereocenters. The van der Waals surface area contributed by atoms with Crippen LogP contribution >= 0.6 is 11.8 Å². The number of thioether (sulfide) groups is 1. The van der Waals surface area contributed by atoms with Crippen LogP contribution in [0.1, 0.15) is 34.3 Å². The lowest BCUT2D eigenvalue weighted by atomic mass is 9.90. The standard InChI is InChI=1S/C24H21NO5S/c1-15-5-4-6-16(13-15)29-23(28)25-11-9-24(10-12-25)14-31-22-20(27)19(26)17-7-2-3-8-18(17)21(22)30-24/h2-8,13H,9-12,14H2,1H3. The molecule has 0 aromatic heterocycles. The van der Waals surface area contributed by atoms with Crippen molar-refractivity contribution >= 4 is 35.2 Å². The molecule has 0 saturated carbocycles. The maximum absolute atomic E-state index is 12.6. The van der Waals surface area contributed by atoms with Gasteiger partial charge in [0.15, 0.2) is 0 Å². The van der Waals surface area contributed by atoms with Gasteiger partial charge in [-0.25, -0.2) is 4.79 Å². The van der Waals surface area contributed by atoms with Crippen LogP contribution in [0.5, 0.6) is 5.75 Å². The lowest BCUT2D eigenvalue weighted by Gasteiger charge is -2.45. The van der Waals surface area contributed by atoms with E-state index in [-0.39, 0.29) is 6.09 Å². The number of benzene rings is 2. The molecular formula is C24H21NO5S. The molecule has 1 spiro atoms. The van der Waals surface area contributed by atoms with Gasteiger partial charge in [0.05, 0.1) is 0 Å². The Balaban J connectivity index is 1.31. The fourth-order valence-electron chi connectivity index (χ4n) is 4.20. The maximum Gasteiger partial charge on any atom is 0.415 e. The van der Waals surface area contributed by atoms with Gasteiger partial charge in [-0.15, -0.1) is 11.8 Å². The number of carbonyl (C=O) groups is 3. The van der Waals surface area contributed by atoms with Gasteiger partial charge in [0.2, 0.25) is 11.6 Å². The summed E-state index contributed by atoms with van der Waals surface area (Å²) in [7, 11) is 0. The molecule has 6 nitrogen and oxygen atoms in total. The van der Waals surface area contributed by atoms with Crippen LogP contribution in [0.4, 0.5) is 4.79 Å². The molecule has 7 heteroatoms. The molecule has 3 aliphatic rings. The van der Waals surface area contributed by atoms with Gasteiger partial charge >= 0.3 is 6.09 Å². The van der Waals surface area contributed by atoms with Gasteiger partial charge in [-0.1, -0.05) is 36.4 Å². The lowest BCUT2D eigenvalue weighted by Crippen LogP contribution is -2.51. The Morgan fingerprint density at radius 1 is 1.03 bits per heavy atom. The average molecular weight is 436 g/mol. The summed E-state index contributed by atoms with van der Waals surface area (Å²) in [6.45, 7) is 2.95. The van der Waals surface area contributed by atoms with Crippen molar-refractivity contribution in [2.24, 2.45) is 0 Å². The molecule has 158 valence electrons. The second-order valence-electron chi connectivity index (χ2n) is 8.11. The first-order chi connectivity index (χ1) is 15.0. The topological polar surface area (TPSA) is 72.9 Å². The van der Waals surface area contributed by atoms with Gasteiger partial charge in [0.1, 0.15) is 22.0 Å². The SMILES string of the molecule is Cc1cccc(OC(=O)N2CCC3(CC2)CSC2=C(O3)c3ccccc3C(=O)C2=O)c1. The normalized spacial score (nSPS) is 19.6. The van der Waals surface area contributed by atoms with E-state index in [1.165, 1.54) is 11.8 Å².